The van der Waals surface area contributed by atoms with Gasteiger partial charge in [0, 0.05) is 5.69 Å². The molecule has 7 nitrogen and oxygen atoms in total. The van der Waals surface area contributed by atoms with Crippen molar-refractivity contribution >= 4 is 43.7 Å². The second kappa shape index (κ2) is 10.5. The highest BCUT2D eigenvalue weighted by molar-refractivity contribution is 9.10. The number of carbonyl (C=O) groups excluding carboxylic acids is 1. The van der Waals surface area contributed by atoms with Crippen molar-refractivity contribution in [3.63, 3.8) is 0 Å². The van der Waals surface area contributed by atoms with E-state index in [1.807, 2.05) is 38.1 Å². The van der Waals surface area contributed by atoms with Crippen molar-refractivity contribution in [2.75, 3.05) is 12.4 Å². The van der Waals surface area contributed by atoms with Crippen molar-refractivity contribution in [3.05, 3.63) is 87.4 Å². The molecule has 0 unspecified atom stereocenters. The summed E-state index contributed by atoms with van der Waals surface area (Å²) in [6.07, 6.45) is 1.41. The summed E-state index contributed by atoms with van der Waals surface area (Å²) in [7, 11) is -2.59. The van der Waals surface area contributed by atoms with E-state index in [0.717, 1.165) is 11.1 Å². The van der Waals surface area contributed by atoms with Crippen LogP contribution in [0.5, 0.6) is 11.5 Å². The molecule has 0 aliphatic heterocycles. The first-order valence-electron chi connectivity index (χ1n) is 10.0. The maximum Gasteiger partial charge on any atom is 0.339 e. The maximum absolute atomic E-state index is 12.6. The standard InChI is InChI=1S/C25H21BrN2O5S/c1-16-4-5-17(2)23(12-16)28-25(29)19(15-27)13-18-6-11-24(22(26)14-18)33-34(30,31)21-9-7-20(32-3)8-10-21/h4-14H,1-3H3,(H,28,29)/b19-13+. The zero-order valence-electron chi connectivity index (χ0n) is 18.6. The Balaban J connectivity index is 1.80. The molecule has 0 fully saturated rings. The number of rotatable bonds is 7. The van der Waals surface area contributed by atoms with Crippen LogP contribution in [0.15, 0.2) is 75.6 Å². The van der Waals surface area contributed by atoms with Crippen LogP contribution in [0, 0.1) is 25.2 Å². The average Bonchev–Trinajstić information content (AvgIpc) is 2.81. The number of methoxy groups -OCH3 is 1. The van der Waals surface area contributed by atoms with Crippen LogP contribution < -0.4 is 14.2 Å². The van der Waals surface area contributed by atoms with E-state index in [1.165, 1.54) is 43.5 Å². The van der Waals surface area contributed by atoms with E-state index in [4.69, 9.17) is 8.92 Å². The normalized spacial score (nSPS) is 11.4. The number of carbonyl (C=O) groups is 1. The highest BCUT2D eigenvalue weighted by Gasteiger charge is 2.19. The van der Waals surface area contributed by atoms with E-state index >= 15 is 0 Å². The first kappa shape index (κ1) is 25.0. The number of nitrogens with zero attached hydrogens (tertiary/aromatic N) is 1. The number of amides is 1. The van der Waals surface area contributed by atoms with Gasteiger partial charge in [0.2, 0.25) is 0 Å². The van der Waals surface area contributed by atoms with Crippen molar-refractivity contribution in [2.24, 2.45) is 0 Å². The van der Waals surface area contributed by atoms with Crippen LogP contribution in [0.1, 0.15) is 16.7 Å². The summed E-state index contributed by atoms with van der Waals surface area (Å²) >= 11 is 3.29. The molecular formula is C25H21BrN2O5S. The molecule has 1 amide bonds. The lowest BCUT2D eigenvalue weighted by Crippen LogP contribution is -2.14. The molecule has 0 bridgehead atoms. The van der Waals surface area contributed by atoms with Gasteiger partial charge in [-0.2, -0.15) is 13.7 Å². The van der Waals surface area contributed by atoms with Gasteiger partial charge in [0.05, 0.1) is 11.6 Å². The molecule has 174 valence electrons. The van der Waals surface area contributed by atoms with Gasteiger partial charge in [0.15, 0.2) is 5.75 Å². The highest BCUT2D eigenvalue weighted by atomic mass is 79.9. The minimum atomic E-state index is -4.07. The molecule has 0 atom stereocenters. The summed E-state index contributed by atoms with van der Waals surface area (Å²) in [5, 5.41) is 12.2. The smallest absolute Gasteiger partial charge is 0.339 e. The van der Waals surface area contributed by atoms with Gasteiger partial charge < -0.3 is 14.2 Å². The van der Waals surface area contributed by atoms with Gasteiger partial charge in [0.1, 0.15) is 22.3 Å². The molecule has 9 heteroatoms. The second-order valence-electron chi connectivity index (χ2n) is 7.35. The van der Waals surface area contributed by atoms with Gasteiger partial charge in [-0.3, -0.25) is 4.79 Å². The quantitative estimate of drug-likeness (QED) is 0.244. The van der Waals surface area contributed by atoms with Gasteiger partial charge in [-0.15, -0.1) is 0 Å². The predicted octanol–water partition coefficient (Wildman–Crippen LogP) is 5.39. The van der Waals surface area contributed by atoms with Gasteiger partial charge in [-0.25, -0.2) is 0 Å². The van der Waals surface area contributed by atoms with Crippen molar-refractivity contribution in [2.45, 2.75) is 18.7 Å². The largest absolute Gasteiger partial charge is 0.497 e. The molecule has 0 saturated heterocycles. The number of anilines is 1. The van der Waals surface area contributed by atoms with Crippen molar-refractivity contribution in [1.29, 1.82) is 5.26 Å². The van der Waals surface area contributed by atoms with Gasteiger partial charge >= 0.3 is 10.1 Å². The third-order valence-electron chi connectivity index (χ3n) is 4.82. The number of aryl methyl sites for hydroxylation is 2. The number of halogens is 1. The lowest BCUT2D eigenvalue weighted by molar-refractivity contribution is -0.112. The first-order valence-corrected chi connectivity index (χ1v) is 12.2. The van der Waals surface area contributed by atoms with Crippen molar-refractivity contribution < 1.29 is 22.1 Å². The Morgan fingerprint density at radius 2 is 1.76 bits per heavy atom. The van der Waals surface area contributed by atoms with Crippen molar-refractivity contribution in [3.8, 4) is 17.6 Å². The van der Waals surface area contributed by atoms with Crippen LogP contribution in [0.4, 0.5) is 5.69 Å². The molecule has 0 spiro atoms. The zero-order chi connectivity index (χ0) is 24.9. The van der Waals surface area contributed by atoms with Crippen LogP contribution in [-0.2, 0) is 14.9 Å². The van der Waals surface area contributed by atoms with Gasteiger partial charge in [0.25, 0.3) is 5.91 Å². The molecule has 3 aromatic rings. The molecule has 3 rings (SSSR count). The summed E-state index contributed by atoms with van der Waals surface area (Å²) in [6, 6.07) is 17.9. The van der Waals surface area contributed by atoms with Gasteiger partial charge in [-0.05, 0) is 95.0 Å². The topological polar surface area (TPSA) is 105 Å². The molecule has 0 aliphatic rings. The predicted molar refractivity (Wildman–Crippen MR) is 133 cm³/mol. The fourth-order valence-corrected chi connectivity index (χ4v) is 4.49. The van der Waals surface area contributed by atoms with Crippen LogP contribution >= 0.6 is 15.9 Å². The van der Waals surface area contributed by atoms with Gasteiger partial charge in [-0.1, -0.05) is 18.2 Å². The number of ether oxygens (including phenoxy) is 1. The number of benzene rings is 3. The van der Waals surface area contributed by atoms with E-state index in [1.54, 1.807) is 12.1 Å². The summed E-state index contributed by atoms with van der Waals surface area (Å²) in [5.41, 5.74) is 2.88. The van der Waals surface area contributed by atoms with E-state index in [0.29, 0.717) is 21.5 Å². The first-order chi connectivity index (χ1) is 16.1. The summed E-state index contributed by atoms with van der Waals surface area (Å²) < 4.78 is 35.8. The van der Waals surface area contributed by atoms with E-state index in [2.05, 4.69) is 21.2 Å². The third kappa shape index (κ3) is 6.04. The molecule has 34 heavy (non-hydrogen) atoms. The Kier molecular flexibility index (Phi) is 7.76. The zero-order valence-corrected chi connectivity index (χ0v) is 21.0. The van der Waals surface area contributed by atoms with Crippen LogP contribution in [-0.4, -0.2) is 21.4 Å². The maximum atomic E-state index is 12.6. The molecular weight excluding hydrogens is 520 g/mol. The fraction of sp³-hybridized carbons (Fsp3) is 0.120. The number of nitriles is 1. The van der Waals surface area contributed by atoms with Crippen LogP contribution in [0.3, 0.4) is 0 Å². The molecule has 0 aliphatic carbocycles. The van der Waals surface area contributed by atoms with E-state index in [-0.39, 0.29) is 16.2 Å². The molecule has 0 heterocycles. The Labute approximate surface area is 206 Å². The summed E-state index contributed by atoms with van der Waals surface area (Å²) in [4.78, 5) is 12.6. The summed E-state index contributed by atoms with van der Waals surface area (Å²) in [6.45, 7) is 3.77. The van der Waals surface area contributed by atoms with E-state index < -0.39 is 16.0 Å². The molecule has 0 aromatic heterocycles. The Hall–Kier alpha value is -3.61. The number of hydrogen-bond donors (Lipinski definition) is 1. The fourth-order valence-electron chi connectivity index (χ4n) is 2.96. The average molecular weight is 541 g/mol. The van der Waals surface area contributed by atoms with Crippen molar-refractivity contribution in [1.82, 2.24) is 0 Å². The Bertz CT molecular complexity index is 1410. The molecule has 0 saturated carbocycles. The SMILES string of the molecule is COc1ccc(S(=O)(=O)Oc2ccc(/C=C(\C#N)C(=O)Nc3cc(C)ccc3C)cc2Br)cc1. The number of hydrogen-bond acceptors (Lipinski definition) is 6. The number of nitrogens with one attached hydrogen (secondary N) is 1. The molecule has 3 aromatic carbocycles. The highest BCUT2D eigenvalue weighted by Crippen LogP contribution is 2.30. The minimum absolute atomic E-state index is 0.0287. The lowest BCUT2D eigenvalue weighted by Gasteiger charge is -2.10. The van der Waals surface area contributed by atoms with E-state index in [9.17, 15) is 18.5 Å². The third-order valence-corrected chi connectivity index (χ3v) is 6.69. The van der Waals surface area contributed by atoms with Crippen LogP contribution in [0.25, 0.3) is 6.08 Å². The Morgan fingerprint density at radius 1 is 1.06 bits per heavy atom. The van der Waals surface area contributed by atoms with Crippen LogP contribution in [0.2, 0.25) is 0 Å². The monoisotopic (exact) mass is 540 g/mol. The second-order valence-corrected chi connectivity index (χ2v) is 9.75. The Morgan fingerprint density at radius 3 is 2.38 bits per heavy atom. The minimum Gasteiger partial charge on any atom is -0.497 e. The molecule has 0 radical (unpaired) electrons. The summed E-state index contributed by atoms with van der Waals surface area (Å²) in [5.74, 6) is 0.0345. The molecule has 1 N–H and O–H groups in total. The lowest BCUT2D eigenvalue weighted by atomic mass is 10.1.